The third kappa shape index (κ3) is 6.02. The predicted molar refractivity (Wildman–Crippen MR) is 96.9 cm³/mol. The van der Waals surface area contributed by atoms with E-state index in [2.05, 4.69) is 10.6 Å². The minimum absolute atomic E-state index is 0. The Morgan fingerprint density at radius 1 is 1.42 bits per heavy atom. The minimum Gasteiger partial charge on any atom is -0.484 e. The molecule has 2 amide bonds. The van der Waals surface area contributed by atoms with E-state index in [-0.39, 0.29) is 36.9 Å². The number of halogens is 1. The van der Waals surface area contributed by atoms with Crippen molar-refractivity contribution in [3.05, 3.63) is 24.3 Å². The molecule has 1 aromatic carbocycles. The number of anilines is 1. The molecule has 0 aliphatic carbocycles. The van der Waals surface area contributed by atoms with E-state index in [1.54, 1.807) is 17.0 Å². The second kappa shape index (κ2) is 10.2. The van der Waals surface area contributed by atoms with Gasteiger partial charge in [-0.25, -0.2) is 0 Å². The molecule has 6 nitrogen and oxygen atoms in total. The van der Waals surface area contributed by atoms with Gasteiger partial charge in [-0.05, 0) is 32.0 Å². The molecular weight excluding hydrogens is 330 g/mol. The summed E-state index contributed by atoms with van der Waals surface area (Å²) in [5.74, 6) is 0.576. The van der Waals surface area contributed by atoms with Crippen LogP contribution in [-0.4, -0.2) is 44.1 Å². The summed E-state index contributed by atoms with van der Waals surface area (Å²) in [5, 5.41) is 6.05. The second-order valence-corrected chi connectivity index (χ2v) is 5.70. The smallest absolute Gasteiger partial charge is 0.257 e. The number of ether oxygens (including phenoxy) is 1. The second-order valence-electron chi connectivity index (χ2n) is 5.70. The Hall–Kier alpha value is -1.79. The fourth-order valence-corrected chi connectivity index (χ4v) is 2.55. The molecule has 134 valence electrons. The number of nitrogens with one attached hydrogen (secondary N) is 2. The molecule has 1 fully saturated rings. The molecule has 24 heavy (non-hydrogen) atoms. The molecule has 2 N–H and O–H groups in total. The zero-order chi connectivity index (χ0) is 16.7. The van der Waals surface area contributed by atoms with Crippen LogP contribution in [0.1, 0.15) is 26.7 Å². The van der Waals surface area contributed by atoms with Crippen molar-refractivity contribution in [2.75, 3.05) is 31.1 Å². The molecule has 0 saturated carbocycles. The Balaban J connectivity index is 0.00000288. The van der Waals surface area contributed by atoms with Crippen LogP contribution in [0.25, 0.3) is 0 Å². The van der Waals surface area contributed by atoms with Gasteiger partial charge in [-0.1, -0.05) is 13.0 Å². The van der Waals surface area contributed by atoms with Gasteiger partial charge in [0.2, 0.25) is 5.91 Å². The van der Waals surface area contributed by atoms with E-state index in [0.717, 1.165) is 25.2 Å². The van der Waals surface area contributed by atoms with Gasteiger partial charge in [0.25, 0.3) is 5.91 Å². The van der Waals surface area contributed by atoms with Crippen LogP contribution in [0.5, 0.6) is 5.75 Å². The van der Waals surface area contributed by atoms with Crippen LogP contribution in [-0.2, 0) is 9.59 Å². The molecule has 0 spiro atoms. The quantitative estimate of drug-likeness (QED) is 0.745. The Morgan fingerprint density at radius 3 is 2.88 bits per heavy atom. The van der Waals surface area contributed by atoms with Crippen LogP contribution < -0.4 is 20.3 Å². The number of likely N-dealkylation sites (N-methyl/N-ethyl adjacent to an activating group) is 1. The van der Waals surface area contributed by atoms with Gasteiger partial charge < -0.3 is 20.3 Å². The van der Waals surface area contributed by atoms with Crippen molar-refractivity contribution in [3.8, 4) is 5.75 Å². The van der Waals surface area contributed by atoms with E-state index in [9.17, 15) is 9.59 Å². The number of hydrogen-bond donors (Lipinski definition) is 2. The zero-order valence-corrected chi connectivity index (χ0v) is 15.0. The van der Waals surface area contributed by atoms with Crippen LogP contribution in [0.3, 0.4) is 0 Å². The highest BCUT2D eigenvalue weighted by molar-refractivity contribution is 5.95. The van der Waals surface area contributed by atoms with Crippen LogP contribution >= 0.6 is 12.4 Å². The van der Waals surface area contributed by atoms with Crippen molar-refractivity contribution in [1.29, 1.82) is 0 Å². The van der Waals surface area contributed by atoms with E-state index < -0.39 is 0 Å². The number of amides is 2. The first kappa shape index (κ1) is 20.3. The molecule has 7 heteroatoms. The van der Waals surface area contributed by atoms with Gasteiger partial charge in [-0.3, -0.25) is 9.59 Å². The number of carbonyl (C=O) groups is 2. The maximum Gasteiger partial charge on any atom is 0.257 e. The highest BCUT2D eigenvalue weighted by atomic mass is 35.5. The van der Waals surface area contributed by atoms with Crippen LogP contribution in [0.2, 0.25) is 0 Å². The number of hydrogen-bond acceptors (Lipinski definition) is 4. The highest BCUT2D eigenvalue weighted by Crippen LogP contribution is 2.25. The van der Waals surface area contributed by atoms with E-state index in [1.165, 1.54) is 0 Å². The lowest BCUT2D eigenvalue weighted by atomic mass is 10.3. The first-order valence-corrected chi connectivity index (χ1v) is 8.13. The number of benzene rings is 1. The molecule has 0 bridgehead atoms. The number of rotatable bonds is 8. The van der Waals surface area contributed by atoms with Gasteiger partial charge >= 0.3 is 0 Å². The largest absolute Gasteiger partial charge is 0.484 e. The van der Waals surface area contributed by atoms with Gasteiger partial charge in [0.15, 0.2) is 6.61 Å². The molecule has 1 aliphatic rings. The predicted octanol–water partition coefficient (Wildman–Crippen LogP) is 1.73. The fourth-order valence-electron chi connectivity index (χ4n) is 2.55. The van der Waals surface area contributed by atoms with E-state index in [0.29, 0.717) is 18.7 Å². The van der Waals surface area contributed by atoms with E-state index in [4.69, 9.17) is 4.74 Å². The summed E-state index contributed by atoms with van der Waals surface area (Å²) >= 11 is 0. The standard InChI is InChI=1S/C17H25N3O3.ClH/c1-3-18-13(2)11-19-16(21)12-23-15-7-4-6-14(10-15)20-9-5-8-17(20)22;/h4,6-7,10,13,18H,3,5,8-9,11-12H2,1-2H3,(H,19,21);1H/t13-;/m1./s1. The monoisotopic (exact) mass is 355 g/mol. The zero-order valence-electron chi connectivity index (χ0n) is 14.2. The summed E-state index contributed by atoms with van der Waals surface area (Å²) in [6.45, 7) is 6.19. The Labute approximate surface area is 149 Å². The molecule has 1 aromatic rings. The third-order valence-electron chi connectivity index (χ3n) is 3.73. The lowest BCUT2D eigenvalue weighted by Gasteiger charge is -2.17. The summed E-state index contributed by atoms with van der Waals surface area (Å²) < 4.78 is 5.53. The first-order chi connectivity index (χ1) is 11.1. The average molecular weight is 356 g/mol. The fraction of sp³-hybridized carbons (Fsp3) is 0.529. The van der Waals surface area contributed by atoms with Gasteiger partial charge in [0.1, 0.15) is 5.75 Å². The van der Waals surface area contributed by atoms with Crippen molar-refractivity contribution in [2.24, 2.45) is 0 Å². The van der Waals surface area contributed by atoms with Gasteiger partial charge in [-0.15, -0.1) is 12.4 Å². The summed E-state index contributed by atoms with van der Waals surface area (Å²) in [6.07, 6.45) is 1.48. The number of nitrogens with zero attached hydrogens (tertiary/aromatic N) is 1. The molecule has 1 atom stereocenters. The Morgan fingerprint density at radius 2 is 2.21 bits per heavy atom. The molecule has 2 rings (SSSR count). The molecule has 0 unspecified atom stereocenters. The van der Waals surface area contributed by atoms with Crippen LogP contribution in [0, 0.1) is 0 Å². The van der Waals surface area contributed by atoms with Gasteiger partial charge in [0, 0.05) is 37.3 Å². The van der Waals surface area contributed by atoms with E-state index >= 15 is 0 Å². The normalized spacial score (nSPS) is 14.9. The lowest BCUT2D eigenvalue weighted by Crippen LogP contribution is -2.40. The molecule has 0 radical (unpaired) electrons. The van der Waals surface area contributed by atoms with Gasteiger partial charge in [0.05, 0.1) is 0 Å². The number of carbonyl (C=O) groups excluding carboxylic acids is 2. The third-order valence-corrected chi connectivity index (χ3v) is 3.73. The summed E-state index contributed by atoms with van der Waals surface area (Å²) in [7, 11) is 0. The maximum atomic E-state index is 11.8. The first-order valence-electron chi connectivity index (χ1n) is 8.13. The molecule has 0 aromatic heterocycles. The van der Waals surface area contributed by atoms with Crippen molar-refractivity contribution in [3.63, 3.8) is 0 Å². The molecule has 1 aliphatic heterocycles. The molecule has 1 saturated heterocycles. The van der Waals surface area contributed by atoms with Crippen LogP contribution in [0.15, 0.2) is 24.3 Å². The summed E-state index contributed by atoms with van der Waals surface area (Å²) in [6, 6.07) is 7.54. The van der Waals surface area contributed by atoms with Crippen molar-refractivity contribution in [1.82, 2.24) is 10.6 Å². The lowest BCUT2D eigenvalue weighted by molar-refractivity contribution is -0.123. The average Bonchev–Trinajstić information content (AvgIpc) is 2.97. The van der Waals surface area contributed by atoms with Crippen molar-refractivity contribution in [2.45, 2.75) is 32.7 Å². The Kier molecular flexibility index (Phi) is 8.57. The minimum atomic E-state index is -0.155. The van der Waals surface area contributed by atoms with Crippen molar-refractivity contribution >= 4 is 29.9 Å². The Bertz CT molecular complexity index is 554. The van der Waals surface area contributed by atoms with E-state index in [1.807, 2.05) is 26.0 Å². The van der Waals surface area contributed by atoms with Crippen LogP contribution in [0.4, 0.5) is 5.69 Å². The van der Waals surface area contributed by atoms with Crippen molar-refractivity contribution < 1.29 is 14.3 Å². The molecular formula is C17H26ClN3O3. The maximum absolute atomic E-state index is 11.8. The summed E-state index contributed by atoms with van der Waals surface area (Å²) in [4.78, 5) is 25.3. The topological polar surface area (TPSA) is 70.7 Å². The SMILES string of the molecule is CCN[C@H](C)CNC(=O)COc1cccc(N2CCCC2=O)c1.Cl. The highest BCUT2D eigenvalue weighted by Gasteiger charge is 2.21. The molecule has 1 heterocycles. The van der Waals surface area contributed by atoms with Gasteiger partial charge in [-0.2, -0.15) is 0 Å². The summed E-state index contributed by atoms with van der Waals surface area (Å²) in [5.41, 5.74) is 0.825.